The smallest absolute Gasteiger partial charge is 0.0922 e. The maximum atomic E-state index is 10.0. The van der Waals surface area contributed by atoms with Crippen LogP contribution in [0.4, 0.5) is 0 Å². The number of aliphatic hydroxyl groups excluding tert-OH is 1. The Morgan fingerprint density at radius 3 is 2.64 bits per heavy atom. The number of hydrogen-bond donors (Lipinski definition) is 2. The van der Waals surface area contributed by atoms with Crippen molar-refractivity contribution in [1.29, 1.82) is 0 Å². The lowest BCUT2D eigenvalue weighted by Gasteiger charge is -2.22. The highest BCUT2D eigenvalue weighted by molar-refractivity contribution is 7.10. The molecule has 80 valence electrons. The van der Waals surface area contributed by atoms with Crippen LogP contribution >= 0.6 is 11.3 Å². The van der Waals surface area contributed by atoms with Gasteiger partial charge >= 0.3 is 0 Å². The number of aliphatic hydroxyl groups is 1. The van der Waals surface area contributed by atoms with E-state index in [9.17, 15) is 5.11 Å². The fourth-order valence-corrected chi connectivity index (χ4v) is 2.45. The summed E-state index contributed by atoms with van der Waals surface area (Å²) in [6.45, 7) is 4.87. The van der Waals surface area contributed by atoms with Crippen LogP contribution in [0.1, 0.15) is 31.2 Å². The summed E-state index contributed by atoms with van der Waals surface area (Å²) < 4.78 is 0. The van der Waals surface area contributed by atoms with Crippen LogP contribution in [0.3, 0.4) is 0 Å². The zero-order valence-corrected chi connectivity index (χ0v) is 9.63. The molecule has 0 saturated carbocycles. The van der Waals surface area contributed by atoms with Crippen LogP contribution in [-0.4, -0.2) is 11.7 Å². The molecule has 14 heavy (non-hydrogen) atoms. The van der Waals surface area contributed by atoms with Crippen molar-refractivity contribution in [2.24, 2.45) is 17.6 Å². The van der Waals surface area contributed by atoms with Crippen LogP contribution in [0.15, 0.2) is 17.5 Å². The van der Waals surface area contributed by atoms with Gasteiger partial charge in [-0.25, -0.2) is 0 Å². The lowest BCUT2D eigenvalue weighted by molar-refractivity contribution is 0.103. The molecule has 1 aromatic rings. The number of hydrogen-bond acceptors (Lipinski definition) is 3. The fraction of sp³-hybridized carbons (Fsp3) is 0.636. The van der Waals surface area contributed by atoms with Crippen molar-refractivity contribution >= 4 is 11.3 Å². The van der Waals surface area contributed by atoms with Crippen LogP contribution in [0.5, 0.6) is 0 Å². The molecule has 2 unspecified atom stereocenters. The summed E-state index contributed by atoms with van der Waals surface area (Å²) in [5.74, 6) is 0.770. The van der Waals surface area contributed by atoms with E-state index in [4.69, 9.17) is 5.73 Å². The lowest BCUT2D eigenvalue weighted by Crippen LogP contribution is -2.23. The summed E-state index contributed by atoms with van der Waals surface area (Å²) in [6.07, 6.45) is 0.595. The highest BCUT2D eigenvalue weighted by Crippen LogP contribution is 2.29. The van der Waals surface area contributed by atoms with E-state index in [0.29, 0.717) is 12.5 Å². The zero-order chi connectivity index (χ0) is 10.6. The van der Waals surface area contributed by atoms with Crippen molar-refractivity contribution in [3.05, 3.63) is 22.4 Å². The highest BCUT2D eigenvalue weighted by Gasteiger charge is 2.21. The van der Waals surface area contributed by atoms with Crippen LogP contribution < -0.4 is 5.73 Å². The van der Waals surface area contributed by atoms with Crippen molar-refractivity contribution < 1.29 is 5.11 Å². The van der Waals surface area contributed by atoms with E-state index < -0.39 is 0 Å². The van der Waals surface area contributed by atoms with Crippen LogP contribution in [-0.2, 0) is 0 Å². The molecule has 2 nitrogen and oxygen atoms in total. The minimum absolute atomic E-state index is 0.189. The molecule has 0 saturated heterocycles. The third-order valence-electron chi connectivity index (χ3n) is 2.36. The van der Waals surface area contributed by atoms with E-state index in [1.807, 2.05) is 17.5 Å². The largest absolute Gasteiger partial charge is 0.387 e. The number of rotatable bonds is 5. The van der Waals surface area contributed by atoms with Gasteiger partial charge in [0.05, 0.1) is 6.10 Å². The summed E-state index contributed by atoms with van der Waals surface area (Å²) in [6, 6.07) is 3.94. The van der Waals surface area contributed by atoms with Gasteiger partial charge in [-0.2, -0.15) is 0 Å². The second-order valence-corrected chi connectivity index (χ2v) is 5.06. The van der Waals surface area contributed by atoms with Gasteiger partial charge in [-0.1, -0.05) is 19.9 Å². The predicted molar refractivity (Wildman–Crippen MR) is 61.3 cm³/mol. The molecule has 0 aromatic carbocycles. The third-order valence-corrected chi connectivity index (χ3v) is 3.30. The second kappa shape index (κ2) is 5.49. The summed E-state index contributed by atoms with van der Waals surface area (Å²) in [7, 11) is 0. The molecule has 1 heterocycles. The molecule has 3 heteroatoms. The van der Waals surface area contributed by atoms with Gasteiger partial charge in [0.2, 0.25) is 0 Å². The number of thiophene rings is 1. The molecule has 0 aliphatic heterocycles. The van der Waals surface area contributed by atoms with Crippen molar-refractivity contribution in [1.82, 2.24) is 0 Å². The topological polar surface area (TPSA) is 46.2 Å². The molecule has 2 atom stereocenters. The van der Waals surface area contributed by atoms with E-state index in [0.717, 1.165) is 11.3 Å². The Morgan fingerprint density at radius 2 is 2.21 bits per heavy atom. The Morgan fingerprint density at radius 1 is 1.50 bits per heavy atom. The molecule has 0 aliphatic carbocycles. The first-order chi connectivity index (χ1) is 6.65. The average Bonchev–Trinajstić information content (AvgIpc) is 2.65. The molecule has 0 radical (unpaired) electrons. The van der Waals surface area contributed by atoms with Crippen molar-refractivity contribution in [3.63, 3.8) is 0 Å². The number of nitrogens with two attached hydrogens (primary N) is 1. The Balaban J connectivity index is 2.60. The molecule has 0 spiro atoms. The van der Waals surface area contributed by atoms with Crippen LogP contribution in [0.25, 0.3) is 0 Å². The molecule has 0 aliphatic rings. The van der Waals surface area contributed by atoms with Crippen molar-refractivity contribution in [2.75, 3.05) is 6.54 Å². The SMILES string of the molecule is CC(C)CC(CN)C(O)c1cccs1. The summed E-state index contributed by atoms with van der Waals surface area (Å²) in [4.78, 5) is 1.03. The van der Waals surface area contributed by atoms with Gasteiger partial charge in [-0.3, -0.25) is 0 Å². The quantitative estimate of drug-likeness (QED) is 0.789. The molecule has 0 fully saturated rings. The van der Waals surface area contributed by atoms with Crippen molar-refractivity contribution in [3.8, 4) is 0 Å². The van der Waals surface area contributed by atoms with E-state index in [-0.39, 0.29) is 12.0 Å². The first-order valence-corrected chi connectivity index (χ1v) is 5.94. The van der Waals surface area contributed by atoms with Gasteiger partial charge in [0.1, 0.15) is 0 Å². The average molecular weight is 213 g/mol. The Kier molecular flexibility index (Phi) is 4.58. The van der Waals surface area contributed by atoms with Gasteiger partial charge in [0, 0.05) is 10.8 Å². The first kappa shape index (κ1) is 11.7. The van der Waals surface area contributed by atoms with E-state index in [1.54, 1.807) is 11.3 Å². The second-order valence-electron chi connectivity index (χ2n) is 4.09. The summed E-state index contributed by atoms with van der Waals surface area (Å²) in [5, 5.41) is 12.0. The molecule has 0 bridgehead atoms. The Hall–Kier alpha value is -0.380. The molecule has 1 aromatic heterocycles. The van der Waals surface area contributed by atoms with Gasteiger partial charge in [-0.15, -0.1) is 11.3 Å². The van der Waals surface area contributed by atoms with Crippen LogP contribution in [0.2, 0.25) is 0 Å². The van der Waals surface area contributed by atoms with Crippen LogP contribution in [0, 0.1) is 11.8 Å². The maximum Gasteiger partial charge on any atom is 0.0922 e. The van der Waals surface area contributed by atoms with E-state index in [1.165, 1.54) is 0 Å². The maximum absolute atomic E-state index is 10.0. The highest BCUT2D eigenvalue weighted by atomic mass is 32.1. The van der Waals surface area contributed by atoms with E-state index in [2.05, 4.69) is 13.8 Å². The molecule has 3 N–H and O–H groups in total. The zero-order valence-electron chi connectivity index (χ0n) is 8.81. The lowest BCUT2D eigenvalue weighted by atomic mass is 9.91. The predicted octanol–water partition coefficient (Wildman–Crippen LogP) is 2.40. The van der Waals surface area contributed by atoms with E-state index >= 15 is 0 Å². The minimum atomic E-state index is -0.387. The standard InChI is InChI=1S/C11H19NOS/c1-8(2)6-9(7-12)11(13)10-4-3-5-14-10/h3-5,8-9,11,13H,6-7,12H2,1-2H3. The van der Waals surface area contributed by atoms with Gasteiger partial charge in [0.15, 0.2) is 0 Å². The molecular formula is C11H19NOS. The first-order valence-electron chi connectivity index (χ1n) is 5.06. The third kappa shape index (κ3) is 3.08. The van der Waals surface area contributed by atoms with Gasteiger partial charge < -0.3 is 10.8 Å². The van der Waals surface area contributed by atoms with Gasteiger partial charge in [-0.05, 0) is 30.3 Å². The molecular weight excluding hydrogens is 194 g/mol. The minimum Gasteiger partial charge on any atom is -0.387 e. The molecule has 0 amide bonds. The molecule has 1 rings (SSSR count). The Labute approximate surface area is 89.8 Å². The normalized spacial score (nSPS) is 15.8. The summed E-state index contributed by atoms with van der Waals surface area (Å²) >= 11 is 1.60. The van der Waals surface area contributed by atoms with Crippen molar-refractivity contribution in [2.45, 2.75) is 26.4 Å². The monoisotopic (exact) mass is 213 g/mol. The van der Waals surface area contributed by atoms with Gasteiger partial charge in [0.25, 0.3) is 0 Å². The summed E-state index contributed by atoms with van der Waals surface area (Å²) in [5.41, 5.74) is 5.67. The Bertz CT molecular complexity index is 246. The fourth-order valence-electron chi connectivity index (χ4n) is 1.65.